The van der Waals surface area contributed by atoms with Gasteiger partial charge in [0, 0.05) is 5.39 Å². The van der Waals surface area contributed by atoms with Gasteiger partial charge < -0.3 is 25.0 Å². The van der Waals surface area contributed by atoms with Gasteiger partial charge in [0.15, 0.2) is 0 Å². The number of pyridine rings is 1. The average Bonchev–Trinajstić information content (AvgIpc) is 2.90. The fourth-order valence-corrected chi connectivity index (χ4v) is 4.45. The highest BCUT2D eigenvalue weighted by Crippen LogP contribution is 2.38. The molecule has 1 amide bonds. The third kappa shape index (κ3) is 3.90. The zero-order chi connectivity index (χ0) is 25.4. The van der Waals surface area contributed by atoms with Crippen LogP contribution in [0.1, 0.15) is 22.0 Å². The van der Waals surface area contributed by atoms with Gasteiger partial charge in [0.25, 0.3) is 11.5 Å². The van der Waals surface area contributed by atoms with Crippen LogP contribution in [0.2, 0.25) is 0 Å². The molecule has 3 N–H and O–H groups in total. The highest BCUT2D eigenvalue weighted by Gasteiger charge is 2.31. The number of ether oxygens (including phenoxy) is 2. The molecule has 5 rings (SSSR count). The molecule has 3 aromatic carbocycles. The first-order valence-corrected chi connectivity index (χ1v) is 11.2. The van der Waals surface area contributed by atoms with Crippen LogP contribution >= 0.6 is 0 Å². The van der Waals surface area contributed by atoms with Crippen LogP contribution in [0, 0.1) is 0 Å². The molecule has 0 fully saturated rings. The van der Waals surface area contributed by atoms with E-state index in [1.165, 1.54) is 4.57 Å². The lowest BCUT2D eigenvalue weighted by atomic mass is 9.98. The second-order valence-corrected chi connectivity index (χ2v) is 8.30. The minimum absolute atomic E-state index is 0.134. The molecule has 9 heteroatoms. The maximum Gasteiger partial charge on any atom is 0.322 e. The van der Waals surface area contributed by atoms with E-state index in [2.05, 4.69) is 5.32 Å². The third-order valence-electron chi connectivity index (χ3n) is 6.22. The number of hydrogen-bond acceptors (Lipinski definition) is 6. The van der Waals surface area contributed by atoms with Crippen LogP contribution in [0.3, 0.4) is 0 Å². The first-order chi connectivity index (χ1) is 17.4. The number of nitrogens with one attached hydrogen (secondary N) is 1. The average molecular weight is 486 g/mol. The van der Waals surface area contributed by atoms with Crippen molar-refractivity contribution in [3.05, 3.63) is 88.2 Å². The Bertz CT molecular complexity index is 1540. The van der Waals surface area contributed by atoms with Gasteiger partial charge in [-0.15, -0.1) is 0 Å². The number of carboxylic acid groups (broad SMARTS) is 1. The van der Waals surface area contributed by atoms with Crippen molar-refractivity contribution in [2.75, 3.05) is 20.3 Å². The summed E-state index contributed by atoms with van der Waals surface area (Å²) in [4.78, 5) is 37.2. The Morgan fingerprint density at radius 1 is 1.06 bits per heavy atom. The fraction of sp³-hybridized carbons (Fsp3) is 0.148. The summed E-state index contributed by atoms with van der Waals surface area (Å²) >= 11 is 0. The van der Waals surface area contributed by atoms with Crippen molar-refractivity contribution in [3.8, 4) is 28.4 Å². The summed E-state index contributed by atoms with van der Waals surface area (Å²) in [5.74, 6) is -1.59. The first-order valence-electron chi connectivity index (χ1n) is 11.2. The molecule has 0 saturated carbocycles. The van der Waals surface area contributed by atoms with Crippen LogP contribution in [-0.2, 0) is 4.79 Å². The van der Waals surface area contributed by atoms with Gasteiger partial charge in [-0.25, -0.2) is 0 Å². The number of carbonyl (C=O) groups excluding carboxylic acids is 1. The van der Waals surface area contributed by atoms with E-state index < -0.39 is 41.3 Å². The summed E-state index contributed by atoms with van der Waals surface area (Å²) in [5, 5.41) is 22.1. The number of methoxy groups -OCH3 is 1. The van der Waals surface area contributed by atoms with Gasteiger partial charge in [-0.2, -0.15) is 0 Å². The molecular formula is C27H22N2O7. The van der Waals surface area contributed by atoms with Gasteiger partial charge in [-0.3, -0.25) is 19.0 Å². The van der Waals surface area contributed by atoms with Crippen LogP contribution in [0.25, 0.3) is 22.0 Å². The second kappa shape index (κ2) is 9.10. The number of hydrogen-bond donors (Lipinski definition) is 3. The third-order valence-corrected chi connectivity index (χ3v) is 6.22. The van der Waals surface area contributed by atoms with Gasteiger partial charge in [-0.1, -0.05) is 42.5 Å². The summed E-state index contributed by atoms with van der Waals surface area (Å²) in [6.45, 7) is -0.552. The normalized spacial score (nSPS) is 14.2. The molecule has 0 radical (unpaired) electrons. The Labute approximate surface area is 205 Å². The molecule has 1 atom stereocenters. The van der Waals surface area contributed by atoms with Gasteiger partial charge in [-0.05, 0) is 41.0 Å². The Kier molecular flexibility index (Phi) is 5.81. The lowest BCUT2D eigenvalue weighted by Crippen LogP contribution is -2.39. The Morgan fingerprint density at radius 3 is 2.36 bits per heavy atom. The van der Waals surface area contributed by atoms with Crippen molar-refractivity contribution < 1.29 is 29.3 Å². The summed E-state index contributed by atoms with van der Waals surface area (Å²) in [6.07, 6.45) is 0. The molecule has 4 aromatic rings. The number of carbonyl (C=O) groups is 2. The summed E-state index contributed by atoms with van der Waals surface area (Å²) in [7, 11) is 1.61. The SMILES string of the molecule is COc1ccc(-c2ccc(C3COc4cccc5c(O)c(C(=O)NCC(=O)O)c(=O)n3c45)cc2)cc1. The number of nitrogens with zero attached hydrogens (tertiary/aromatic N) is 1. The maximum absolute atomic E-state index is 13.6. The zero-order valence-corrected chi connectivity index (χ0v) is 19.2. The second-order valence-electron chi connectivity index (χ2n) is 8.30. The molecule has 1 aromatic heterocycles. The van der Waals surface area contributed by atoms with Crippen LogP contribution < -0.4 is 20.3 Å². The number of benzene rings is 3. The van der Waals surface area contributed by atoms with E-state index in [1.807, 2.05) is 48.5 Å². The lowest BCUT2D eigenvalue weighted by molar-refractivity contribution is -0.135. The smallest absolute Gasteiger partial charge is 0.322 e. The maximum atomic E-state index is 13.6. The van der Waals surface area contributed by atoms with E-state index >= 15 is 0 Å². The number of amides is 1. The van der Waals surface area contributed by atoms with E-state index in [4.69, 9.17) is 14.6 Å². The minimum atomic E-state index is -1.27. The Hall–Kier alpha value is -4.79. The van der Waals surface area contributed by atoms with Crippen LogP contribution in [0.4, 0.5) is 0 Å². The standard InChI is InChI=1S/C27H22N2O7/c1-35-18-11-9-16(10-12-18)15-5-7-17(8-6-15)20-14-36-21-4-2-3-19-24(21)29(20)27(34)23(25(19)32)26(33)28-13-22(30)31/h2-12,20,32H,13-14H2,1H3,(H,28,33)(H,30,31). The monoisotopic (exact) mass is 486 g/mol. The number of rotatable bonds is 6. The molecular weight excluding hydrogens is 464 g/mol. The van der Waals surface area contributed by atoms with Crippen LogP contribution in [-0.4, -0.2) is 46.9 Å². The number of aromatic nitrogens is 1. The lowest BCUT2D eigenvalue weighted by Gasteiger charge is -2.29. The number of carboxylic acids is 1. The summed E-state index contributed by atoms with van der Waals surface area (Å²) < 4.78 is 12.6. The predicted molar refractivity (Wildman–Crippen MR) is 132 cm³/mol. The van der Waals surface area contributed by atoms with Crippen LogP contribution in [0.5, 0.6) is 17.2 Å². The van der Waals surface area contributed by atoms with E-state index in [9.17, 15) is 19.5 Å². The highest BCUT2D eigenvalue weighted by molar-refractivity contribution is 6.04. The van der Waals surface area contributed by atoms with Crippen molar-refractivity contribution >= 4 is 22.8 Å². The van der Waals surface area contributed by atoms with Gasteiger partial charge in [0.2, 0.25) is 0 Å². The topological polar surface area (TPSA) is 127 Å². The Balaban J connectivity index is 1.60. The zero-order valence-electron chi connectivity index (χ0n) is 19.2. The van der Waals surface area contributed by atoms with E-state index in [1.54, 1.807) is 25.3 Å². The van der Waals surface area contributed by atoms with Crippen LogP contribution in [0.15, 0.2) is 71.5 Å². The molecule has 182 valence electrons. The molecule has 36 heavy (non-hydrogen) atoms. The van der Waals surface area contributed by atoms with E-state index in [0.717, 1.165) is 22.4 Å². The molecule has 1 unspecified atom stereocenters. The number of aromatic hydroxyl groups is 1. The van der Waals surface area contributed by atoms with E-state index in [0.29, 0.717) is 11.3 Å². The molecule has 1 aliphatic heterocycles. The summed E-state index contributed by atoms with van der Waals surface area (Å²) in [5.41, 5.74) is 1.85. The molecule has 9 nitrogen and oxygen atoms in total. The van der Waals surface area contributed by atoms with Crippen molar-refractivity contribution in [2.24, 2.45) is 0 Å². The van der Waals surface area contributed by atoms with E-state index in [-0.39, 0.29) is 12.0 Å². The largest absolute Gasteiger partial charge is 0.506 e. The fourth-order valence-electron chi connectivity index (χ4n) is 4.45. The van der Waals surface area contributed by atoms with Gasteiger partial charge in [0.05, 0.1) is 18.7 Å². The van der Waals surface area contributed by atoms with Crippen molar-refractivity contribution in [1.29, 1.82) is 0 Å². The highest BCUT2D eigenvalue weighted by atomic mass is 16.5. The molecule has 2 heterocycles. The van der Waals surface area contributed by atoms with Crippen molar-refractivity contribution in [3.63, 3.8) is 0 Å². The van der Waals surface area contributed by atoms with Crippen molar-refractivity contribution in [1.82, 2.24) is 9.88 Å². The first kappa shape index (κ1) is 23.0. The number of aliphatic carboxylic acids is 1. The molecule has 1 aliphatic rings. The Morgan fingerprint density at radius 2 is 1.72 bits per heavy atom. The molecule has 0 aliphatic carbocycles. The van der Waals surface area contributed by atoms with Gasteiger partial charge in [0.1, 0.15) is 36.0 Å². The quantitative estimate of drug-likeness (QED) is 0.382. The molecule has 0 bridgehead atoms. The molecule has 0 saturated heterocycles. The molecule has 0 spiro atoms. The van der Waals surface area contributed by atoms with Crippen molar-refractivity contribution in [2.45, 2.75) is 6.04 Å². The minimum Gasteiger partial charge on any atom is -0.506 e. The van der Waals surface area contributed by atoms with Gasteiger partial charge >= 0.3 is 5.97 Å². The number of para-hydroxylation sites is 1. The predicted octanol–water partition coefficient (Wildman–Crippen LogP) is 3.18. The summed E-state index contributed by atoms with van der Waals surface area (Å²) in [6, 6.07) is 19.6.